The van der Waals surface area contributed by atoms with Crippen LogP contribution in [0.1, 0.15) is 57.8 Å². The van der Waals surface area contributed by atoms with E-state index in [4.69, 9.17) is 5.73 Å². The maximum Gasteiger partial charge on any atom is 0.0164 e. The minimum Gasteiger partial charge on any atom is -0.330 e. The van der Waals surface area contributed by atoms with Gasteiger partial charge in [-0.15, -0.1) is 0 Å². The molecule has 1 unspecified atom stereocenters. The molecule has 1 heterocycles. The van der Waals surface area contributed by atoms with E-state index in [-0.39, 0.29) is 0 Å². The van der Waals surface area contributed by atoms with Crippen LogP contribution >= 0.6 is 0 Å². The van der Waals surface area contributed by atoms with E-state index >= 15 is 0 Å². The molecular weight excluding hydrogens is 232 g/mol. The molecule has 0 radical (unpaired) electrons. The molecule has 2 nitrogen and oxygen atoms in total. The predicted molar refractivity (Wildman–Crippen MR) is 78.9 cm³/mol. The van der Waals surface area contributed by atoms with Gasteiger partial charge in [0.25, 0.3) is 0 Å². The molecule has 2 N–H and O–H groups in total. The van der Waals surface area contributed by atoms with Gasteiger partial charge in [-0.3, -0.25) is 4.90 Å². The maximum atomic E-state index is 5.99. The van der Waals surface area contributed by atoms with E-state index in [2.05, 4.69) is 4.90 Å². The molecule has 5 fully saturated rings. The summed E-state index contributed by atoms with van der Waals surface area (Å²) in [7, 11) is 0. The Bertz CT molecular complexity index is 297. The Kier molecular flexibility index (Phi) is 3.15. The van der Waals surface area contributed by atoms with E-state index in [0.29, 0.717) is 5.41 Å². The van der Waals surface area contributed by atoms with E-state index in [1.165, 1.54) is 32.4 Å². The lowest BCUT2D eigenvalue weighted by Gasteiger charge is -2.61. The topological polar surface area (TPSA) is 29.3 Å². The van der Waals surface area contributed by atoms with Gasteiger partial charge in [0.05, 0.1) is 0 Å². The Morgan fingerprint density at radius 3 is 1.95 bits per heavy atom. The summed E-state index contributed by atoms with van der Waals surface area (Å²) in [4.78, 5) is 2.83. The van der Waals surface area contributed by atoms with Crippen LogP contribution < -0.4 is 5.73 Å². The van der Waals surface area contributed by atoms with Crippen LogP contribution in [0.5, 0.6) is 0 Å². The molecule has 19 heavy (non-hydrogen) atoms. The Labute approximate surface area is 118 Å². The quantitative estimate of drug-likeness (QED) is 0.844. The predicted octanol–water partition coefficient (Wildman–Crippen LogP) is 3.02. The fourth-order valence-corrected chi connectivity index (χ4v) is 6.67. The molecule has 0 aromatic heterocycles. The third kappa shape index (κ3) is 2.06. The van der Waals surface area contributed by atoms with Crippen LogP contribution in [0.25, 0.3) is 0 Å². The lowest BCUT2D eigenvalue weighted by Crippen LogP contribution is -2.56. The summed E-state index contributed by atoms with van der Waals surface area (Å²) in [5, 5.41) is 0. The summed E-state index contributed by atoms with van der Waals surface area (Å²) in [6.07, 6.45) is 13.4. The van der Waals surface area contributed by atoms with E-state index in [1.807, 2.05) is 0 Å². The van der Waals surface area contributed by atoms with E-state index in [0.717, 1.165) is 30.3 Å². The number of nitrogens with two attached hydrogens (primary N) is 1. The van der Waals surface area contributed by atoms with Crippen molar-refractivity contribution in [2.75, 3.05) is 19.6 Å². The van der Waals surface area contributed by atoms with Crippen molar-refractivity contribution in [3.8, 4) is 0 Å². The van der Waals surface area contributed by atoms with Crippen molar-refractivity contribution in [1.29, 1.82) is 0 Å². The number of rotatable bonds is 4. The highest BCUT2D eigenvalue weighted by Crippen LogP contribution is 2.62. The summed E-state index contributed by atoms with van der Waals surface area (Å²) in [6.45, 7) is 3.60. The first-order valence-electron chi connectivity index (χ1n) is 8.73. The van der Waals surface area contributed by atoms with Crippen molar-refractivity contribution in [2.45, 2.75) is 63.8 Å². The minimum absolute atomic E-state index is 0.679. The maximum absolute atomic E-state index is 5.99. The summed E-state index contributed by atoms with van der Waals surface area (Å²) in [5.74, 6) is 3.23. The molecule has 2 heteroatoms. The van der Waals surface area contributed by atoms with Crippen LogP contribution in [-0.4, -0.2) is 30.6 Å². The summed E-state index contributed by atoms with van der Waals surface area (Å²) >= 11 is 0. The highest BCUT2D eigenvalue weighted by atomic mass is 15.2. The fourth-order valence-electron chi connectivity index (χ4n) is 6.67. The number of hydrogen-bond acceptors (Lipinski definition) is 2. The van der Waals surface area contributed by atoms with Crippen molar-refractivity contribution < 1.29 is 0 Å². The largest absolute Gasteiger partial charge is 0.330 e. The Morgan fingerprint density at radius 2 is 1.47 bits per heavy atom. The summed E-state index contributed by atoms with van der Waals surface area (Å²) in [6, 6.07) is 0.827. The smallest absolute Gasteiger partial charge is 0.0164 e. The zero-order valence-electron chi connectivity index (χ0n) is 12.3. The van der Waals surface area contributed by atoms with E-state index < -0.39 is 0 Å². The lowest BCUT2D eigenvalue weighted by molar-refractivity contribution is -0.0990. The third-order valence-corrected chi connectivity index (χ3v) is 6.81. The molecule has 4 aliphatic carbocycles. The molecule has 1 aliphatic heterocycles. The zero-order valence-corrected chi connectivity index (χ0v) is 12.3. The molecule has 1 saturated heterocycles. The van der Waals surface area contributed by atoms with Crippen LogP contribution in [-0.2, 0) is 0 Å². The fraction of sp³-hybridized carbons (Fsp3) is 1.00. The molecule has 4 bridgehead atoms. The highest BCUT2D eigenvalue weighted by Gasteiger charge is 2.55. The zero-order chi connectivity index (χ0) is 12.9. The van der Waals surface area contributed by atoms with Crippen LogP contribution in [0, 0.1) is 23.2 Å². The molecule has 108 valence electrons. The molecule has 4 saturated carbocycles. The lowest BCUT2D eigenvalue weighted by atomic mass is 9.47. The Morgan fingerprint density at radius 1 is 0.947 bits per heavy atom. The van der Waals surface area contributed by atoms with Gasteiger partial charge in [0.15, 0.2) is 0 Å². The van der Waals surface area contributed by atoms with Gasteiger partial charge in [0.1, 0.15) is 0 Å². The van der Waals surface area contributed by atoms with Gasteiger partial charge in [0, 0.05) is 6.04 Å². The van der Waals surface area contributed by atoms with Crippen molar-refractivity contribution in [3.05, 3.63) is 0 Å². The molecule has 0 aromatic rings. The second-order valence-corrected chi connectivity index (χ2v) is 8.12. The average Bonchev–Trinajstić information content (AvgIpc) is 2.87. The molecule has 5 aliphatic rings. The Hall–Kier alpha value is -0.0800. The third-order valence-electron chi connectivity index (χ3n) is 6.81. The second-order valence-electron chi connectivity index (χ2n) is 8.12. The van der Waals surface area contributed by atoms with Gasteiger partial charge >= 0.3 is 0 Å². The molecular formula is C17H30N2. The molecule has 5 rings (SSSR count). The van der Waals surface area contributed by atoms with Crippen LogP contribution in [0.15, 0.2) is 0 Å². The van der Waals surface area contributed by atoms with Gasteiger partial charge < -0.3 is 5.73 Å². The molecule has 1 atom stereocenters. The van der Waals surface area contributed by atoms with Gasteiger partial charge in [-0.2, -0.15) is 0 Å². The first-order chi connectivity index (χ1) is 9.29. The summed E-state index contributed by atoms with van der Waals surface area (Å²) in [5.41, 5.74) is 6.67. The van der Waals surface area contributed by atoms with Crippen LogP contribution in [0.4, 0.5) is 0 Å². The first-order valence-corrected chi connectivity index (χ1v) is 8.73. The standard InChI is InChI=1S/C17H30N2/c18-4-3-16(19-5-1-2-6-19)17-10-13-7-14(11-17)9-15(8-13)12-17/h13-16H,1-12,18H2. The molecule has 0 aromatic carbocycles. The van der Waals surface area contributed by atoms with Gasteiger partial charge in [-0.25, -0.2) is 0 Å². The van der Waals surface area contributed by atoms with E-state index in [9.17, 15) is 0 Å². The van der Waals surface area contributed by atoms with Gasteiger partial charge in [0.2, 0.25) is 0 Å². The molecule has 0 spiro atoms. The summed E-state index contributed by atoms with van der Waals surface area (Å²) < 4.78 is 0. The normalized spacial score (nSPS) is 46.9. The first kappa shape index (κ1) is 12.6. The SMILES string of the molecule is NCCC(N1CCCC1)C12CC3CC(CC(C3)C1)C2. The molecule has 0 amide bonds. The van der Waals surface area contributed by atoms with Crippen molar-refractivity contribution in [3.63, 3.8) is 0 Å². The van der Waals surface area contributed by atoms with Gasteiger partial charge in [-0.1, -0.05) is 0 Å². The van der Waals surface area contributed by atoms with E-state index in [1.54, 1.807) is 38.5 Å². The van der Waals surface area contributed by atoms with Crippen molar-refractivity contribution >= 4 is 0 Å². The van der Waals surface area contributed by atoms with Crippen molar-refractivity contribution in [1.82, 2.24) is 4.90 Å². The number of hydrogen-bond donors (Lipinski definition) is 1. The highest BCUT2D eigenvalue weighted by molar-refractivity contribution is 5.07. The average molecular weight is 262 g/mol. The minimum atomic E-state index is 0.679. The number of nitrogens with zero attached hydrogens (tertiary/aromatic N) is 1. The van der Waals surface area contributed by atoms with Crippen LogP contribution in [0.3, 0.4) is 0 Å². The van der Waals surface area contributed by atoms with Crippen molar-refractivity contribution in [2.24, 2.45) is 28.9 Å². The Balaban J connectivity index is 1.60. The van der Waals surface area contributed by atoms with Gasteiger partial charge in [-0.05, 0) is 101 Å². The second kappa shape index (κ2) is 4.73. The monoisotopic (exact) mass is 262 g/mol. The van der Waals surface area contributed by atoms with Crippen LogP contribution in [0.2, 0.25) is 0 Å². The number of likely N-dealkylation sites (tertiary alicyclic amines) is 1.